The Bertz CT molecular complexity index is 390. The molecule has 0 aromatic carbocycles. The van der Waals surface area contributed by atoms with Crippen LogP contribution in [0.5, 0.6) is 0 Å². The zero-order chi connectivity index (χ0) is 9.42. The van der Waals surface area contributed by atoms with E-state index >= 15 is 0 Å². The van der Waals surface area contributed by atoms with Crippen molar-refractivity contribution in [3.63, 3.8) is 0 Å². The molecule has 1 aliphatic carbocycles. The topological polar surface area (TPSA) is 49.7 Å². The van der Waals surface area contributed by atoms with Crippen LogP contribution in [0.3, 0.4) is 0 Å². The molecular weight excluding hydrogens is 173 g/mol. The van der Waals surface area contributed by atoms with Crippen molar-refractivity contribution < 1.29 is 14.3 Å². The normalized spacial score (nSPS) is 24.7. The number of halogens is 1. The first kappa shape index (κ1) is 7.91. The van der Waals surface area contributed by atoms with E-state index in [0.717, 1.165) is 0 Å². The van der Waals surface area contributed by atoms with E-state index in [-0.39, 0.29) is 11.6 Å². The molecule has 3 nitrogen and oxygen atoms in total. The van der Waals surface area contributed by atoms with Gasteiger partial charge in [0, 0.05) is 5.92 Å². The largest absolute Gasteiger partial charge is 0.477 e. The van der Waals surface area contributed by atoms with Crippen LogP contribution in [0, 0.1) is 5.92 Å². The molecule has 0 saturated carbocycles. The summed E-state index contributed by atoms with van der Waals surface area (Å²) in [6.07, 6.45) is 5.64. The molecule has 66 valence electrons. The van der Waals surface area contributed by atoms with E-state index < -0.39 is 11.8 Å². The minimum absolute atomic E-state index is 0.0180. The van der Waals surface area contributed by atoms with Crippen molar-refractivity contribution in [3.8, 4) is 0 Å². The van der Waals surface area contributed by atoms with E-state index in [1.807, 2.05) is 0 Å². The van der Waals surface area contributed by atoms with Crippen LogP contribution in [0.25, 0.3) is 0 Å². The molecular formula is C9H6FNO2. The Morgan fingerprint density at radius 1 is 1.62 bits per heavy atom. The predicted octanol–water partition coefficient (Wildman–Crippen LogP) is 1.45. The maximum atomic E-state index is 12.7. The van der Waals surface area contributed by atoms with Gasteiger partial charge < -0.3 is 5.11 Å². The number of rotatable bonds is 1. The van der Waals surface area contributed by atoms with Crippen molar-refractivity contribution in [2.45, 2.75) is 0 Å². The van der Waals surface area contributed by atoms with Gasteiger partial charge in [-0.15, -0.1) is 0 Å². The first-order valence-corrected chi connectivity index (χ1v) is 3.76. The summed E-state index contributed by atoms with van der Waals surface area (Å²) in [6, 6.07) is 0. The first-order valence-electron chi connectivity index (χ1n) is 3.76. The minimum atomic E-state index is -1.08. The molecule has 0 spiro atoms. The van der Waals surface area contributed by atoms with Gasteiger partial charge in [0.15, 0.2) is 0 Å². The number of hydrogen-bond acceptors (Lipinski definition) is 2. The Hall–Kier alpha value is -1.71. The molecule has 13 heavy (non-hydrogen) atoms. The summed E-state index contributed by atoms with van der Waals surface area (Å²) >= 11 is 0. The van der Waals surface area contributed by atoms with E-state index in [1.54, 1.807) is 6.08 Å². The highest BCUT2D eigenvalue weighted by molar-refractivity contribution is 6.07. The predicted molar refractivity (Wildman–Crippen MR) is 45.0 cm³/mol. The standard InChI is InChI=1S/C9H6FNO2/c10-6-2-1-5-3-8(9(12)13)11-7(5)4-6/h1-5H,(H,12,13)/t5-/m1/s1. The maximum absolute atomic E-state index is 12.7. The summed E-state index contributed by atoms with van der Waals surface area (Å²) in [6.45, 7) is 0. The highest BCUT2D eigenvalue weighted by Crippen LogP contribution is 2.24. The van der Waals surface area contributed by atoms with Gasteiger partial charge in [0.25, 0.3) is 0 Å². The van der Waals surface area contributed by atoms with Gasteiger partial charge in [0.2, 0.25) is 0 Å². The highest BCUT2D eigenvalue weighted by Gasteiger charge is 2.23. The van der Waals surface area contributed by atoms with Crippen LogP contribution >= 0.6 is 0 Å². The average molecular weight is 179 g/mol. The van der Waals surface area contributed by atoms with Gasteiger partial charge in [-0.05, 0) is 18.2 Å². The zero-order valence-corrected chi connectivity index (χ0v) is 6.57. The molecule has 0 fully saturated rings. The molecule has 1 N–H and O–H groups in total. The number of carboxylic acids is 1. The maximum Gasteiger partial charge on any atom is 0.354 e. The van der Waals surface area contributed by atoms with E-state index in [1.165, 1.54) is 18.2 Å². The number of fused-ring (bicyclic) bond motifs is 1. The van der Waals surface area contributed by atoms with Crippen LogP contribution in [0.1, 0.15) is 0 Å². The number of nitrogens with zero attached hydrogens (tertiary/aromatic N) is 1. The van der Waals surface area contributed by atoms with Gasteiger partial charge >= 0.3 is 5.97 Å². The van der Waals surface area contributed by atoms with E-state index in [4.69, 9.17) is 5.11 Å². The SMILES string of the molecule is O=C(O)C1=C[C@H]2C=CC(F)=CC2=N1. The second-order valence-corrected chi connectivity index (χ2v) is 2.81. The van der Waals surface area contributed by atoms with Crippen LogP contribution in [0.15, 0.2) is 40.8 Å². The van der Waals surface area contributed by atoms with Gasteiger partial charge in [-0.3, -0.25) is 0 Å². The number of aliphatic carboxylic acids is 1. The van der Waals surface area contributed by atoms with Crippen molar-refractivity contribution in [1.29, 1.82) is 0 Å². The monoisotopic (exact) mass is 179 g/mol. The number of allylic oxidation sites excluding steroid dienone is 5. The summed E-state index contributed by atoms with van der Waals surface area (Å²) in [4.78, 5) is 14.3. The van der Waals surface area contributed by atoms with E-state index in [2.05, 4.69) is 4.99 Å². The molecule has 0 aromatic rings. The number of aliphatic imine (C=N–C) groups is 1. The third kappa shape index (κ3) is 1.30. The molecule has 0 saturated heterocycles. The molecule has 0 aromatic heterocycles. The van der Waals surface area contributed by atoms with E-state index in [0.29, 0.717) is 5.71 Å². The third-order valence-corrected chi connectivity index (χ3v) is 1.90. The molecule has 0 amide bonds. The minimum Gasteiger partial charge on any atom is -0.477 e. The molecule has 4 heteroatoms. The Kier molecular flexibility index (Phi) is 1.62. The molecule has 2 rings (SSSR count). The van der Waals surface area contributed by atoms with Crippen LogP contribution in [-0.4, -0.2) is 16.8 Å². The Balaban J connectivity index is 2.36. The third-order valence-electron chi connectivity index (χ3n) is 1.90. The first-order chi connectivity index (χ1) is 6.16. The summed E-state index contributed by atoms with van der Waals surface area (Å²) in [5.74, 6) is -1.65. The van der Waals surface area contributed by atoms with Gasteiger partial charge in [0.05, 0.1) is 5.71 Å². The molecule has 1 heterocycles. The van der Waals surface area contributed by atoms with Crippen molar-refractivity contribution in [1.82, 2.24) is 0 Å². The smallest absolute Gasteiger partial charge is 0.354 e. The van der Waals surface area contributed by atoms with Crippen molar-refractivity contribution >= 4 is 11.7 Å². The lowest BCUT2D eigenvalue weighted by Crippen LogP contribution is -2.06. The van der Waals surface area contributed by atoms with Crippen LogP contribution in [0.4, 0.5) is 4.39 Å². The Morgan fingerprint density at radius 3 is 3.08 bits per heavy atom. The summed E-state index contributed by atoms with van der Waals surface area (Å²) in [7, 11) is 0. The molecule has 2 aliphatic rings. The van der Waals surface area contributed by atoms with Crippen LogP contribution in [-0.2, 0) is 4.79 Å². The fourth-order valence-corrected chi connectivity index (χ4v) is 1.29. The van der Waals surface area contributed by atoms with Crippen molar-refractivity contribution in [2.75, 3.05) is 0 Å². The summed E-state index contributed by atoms with van der Waals surface area (Å²) < 4.78 is 12.7. The number of hydrogen-bond donors (Lipinski definition) is 1. The van der Waals surface area contributed by atoms with Crippen LogP contribution < -0.4 is 0 Å². The summed E-state index contributed by atoms with van der Waals surface area (Å²) in [5.41, 5.74) is 0.438. The highest BCUT2D eigenvalue weighted by atomic mass is 19.1. The van der Waals surface area contributed by atoms with Gasteiger partial charge in [-0.1, -0.05) is 6.08 Å². The molecule has 0 bridgehead atoms. The second-order valence-electron chi connectivity index (χ2n) is 2.81. The van der Waals surface area contributed by atoms with Gasteiger partial charge in [-0.25, -0.2) is 14.2 Å². The van der Waals surface area contributed by atoms with Crippen LogP contribution in [0.2, 0.25) is 0 Å². The lowest BCUT2D eigenvalue weighted by Gasteiger charge is -2.05. The van der Waals surface area contributed by atoms with Gasteiger partial charge in [-0.2, -0.15) is 0 Å². The Morgan fingerprint density at radius 2 is 2.38 bits per heavy atom. The second kappa shape index (κ2) is 2.65. The fourth-order valence-electron chi connectivity index (χ4n) is 1.29. The van der Waals surface area contributed by atoms with Gasteiger partial charge in [0.1, 0.15) is 11.5 Å². The summed E-state index contributed by atoms with van der Waals surface area (Å²) in [5, 5.41) is 8.61. The molecule has 0 unspecified atom stereocenters. The molecule has 1 atom stereocenters. The van der Waals surface area contributed by atoms with E-state index in [9.17, 15) is 9.18 Å². The van der Waals surface area contributed by atoms with Crippen molar-refractivity contribution in [3.05, 3.63) is 35.8 Å². The number of carboxylic acid groups (broad SMARTS) is 1. The van der Waals surface area contributed by atoms with Crippen molar-refractivity contribution in [2.24, 2.45) is 10.9 Å². The fraction of sp³-hybridized carbons (Fsp3) is 0.111. The lowest BCUT2D eigenvalue weighted by atomic mass is 9.99. The average Bonchev–Trinajstić information content (AvgIpc) is 2.46. The Labute approximate surface area is 73.6 Å². The zero-order valence-electron chi connectivity index (χ0n) is 6.57. The lowest BCUT2D eigenvalue weighted by molar-refractivity contribution is -0.132. The molecule has 0 radical (unpaired) electrons. The molecule has 1 aliphatic heterocycles. The quantitative estimate of drug-likeness (QED) is 0.662. The number of carbonyl (C=O) groups is 1.